The normalized spacial score (nSPS) is 16.4. The van der Waals surface area contributed by atoms with Crippen LogP contribution in [0.25, 0.3) is 0 Å². The molecule has 2 rings (SSSR count). The van der Waals surface area contributed by atoms with Crippen LogP contribution < -0.4 is 0 Å². The van der Waals surface area contributed by atoms with E-state index in [4.69, 9.17) is 5.11 Å². The second-order valence-corrected chi connectivity index (χ2v) is 5.43. The third-order valence-electron chi connectivity index (χ3n) is 3.39. The monoisotopic (exact) mass is 298 g/mol. The van der Waals surface area contributed by atoms with Gasteiger partial charge in [0.05, 0.1) is 12.1 Å². The smallest absolute Gasteiger partial charge is 0.304 e. The van der Waals surface area contributed by atoms with Gasteiger partial charge in [-0.2, -0.15) is 0 Å². The average molecular weight is 298 g/mol. The summed E-state index contributed by atoms with van der Waals surface area (Å²) in [4.78, 5) is 27.4. The Morgan fingerprint density at radius 3 is 2.60 bits per heavy atom. The van der Waals surface area contributed by atoms with E-state index in [9.17, 15) is 9.59 Å². The molecule has 0 atom stereocenters. The summed E-state index contributed by atoms with van der Waals surface area (Å²) in [5, 5.41) is 12.6. The fourth-order valence-corrected chi connectivity index (χ4v) is 2.89. The molecule has 0 aromatic carbocycles. The Kier molecular flexibility index (Phi) is 5.02. The first kappa shape index (κ1) is 14.9. The fraction of sp³-hybridized carbons (Fsp3) is 0.667. The zero-order valence-electron chi connectivity index (χ0n) is 11.4. The summed E-state index contributed by atoms with van der Waals surface area (Å²) in [6.07, 6.45) is 0.850. The Morgan fingerprint density at radius 1 is 1.30 bits per heavy atom. The van der Waals surface area contributed by atoms with E-state index in [-0.39, 0.29) is 12.3 Å². The first-order valence-electron chi connectivity index (χ1n) is 6.66. The lowest BCUT2D eigenvalue weighted by atomic mass is 10.2. The lowest BCUT2D eigenvalue weighted by Gasteiger charge is -2.34. The summed E-state index contributed by atoms with van der Waals surface area (Å²) in [6.45, 7) is 5.18. The molecule has 1 N–H and O–H groups in total. The number of rotatable bonds is 5. The van der Waals surface area contributed by atoms with Crippen molar-refractivity contribution in [2.75, 3.05) is 32.7 Å². The van der Waals surface area contributed by atoms with Crippen LogP contribution in [-0.2, 0) is 11.2 Å². The largest absolute Gasteiger partial charge is 0.481 e. The Labute approximate surface area is 121 Å². The molecule has 1 saturated heterocycles. The van der Waals surface area contributed by atoms with Gasteiger partial charge in [0.15, 0.2) is 0 Å². The summed E-state index contributed by atoms with van der Waals surface area (Å²) < 4.78 is 3.84. The molecule has 0 unspecified atom stereocenters. The van der Waals surface area contributed by atoms with Gasteiger partial charge >= 0.3 is 5.97 Å². The van der Waals surface area contributed by atoms with Crippen molar-refractivity contribution >= 4 is 23.4 Å². The Balaban J connectivity index is 1.87. The highest BCUT2D eigenvalue weighted by atomic mass is 32.1. The van der Waals surface area contributed by atoms with Crippen molar-refractivity contribution in [1.29, 1.82) is 0 Å². The van der Waals surface area contributed by atoms with Crippen LogP contribution in [0.15, 0.2) is 0 Å². The van der Waals surface area contributed by atoms with Crippen LogP contribution in [0.1, 0.15) is 28.7 Å². The molecule has 0 saturated carbocycles. The van der Waals surface area contributed by atoms with Gasteiger partial charge in [-0.3, -0.25) is 14.5 Å². The van der Waals surface area contributed by atoms with E-state index in [2.05, 4.69) is 14.5 Å². The van der Waals surface area contributed by atoms with Crippen LogP contribution in [0.3, 0.4) is 0 Å². The van der Waals surface area contributed by atoms with E-state index in [1.54, 1.807) is 4.90 Å². The van der Waals surface area contributed by atoms with Crippen molar-refractivity contribution in [1.82, 2.24) is 19.4 Å². The van der Waals surface area contributed by atoms with Crippen molar-refractivity contribution in [3.05, 3.63) is 10.6 Å². The molecule has 20 heavy (non-hydrogen) atoms. The molecule has 1 aliphatic rings. The zero-order valence-corrected chi connectivity index (χ0v) is 12.2. The highest BCUT2D eigenvalue weighted by Gasteiger charge is 2.25. The average Bonchev–Trinajstić information content (AvgIpc) is 2.93. The van der Waals surface area contributed by atoms with E-state index in [0.717, 1.165) is 17.2 Å². The quantitative estimate of drug-likeness (QED) is 0.843. The lowest BCUT2D eigenvalue weighted by Crippen LogP contribution is -2.49. The molecule has 1 aromatic heterocycles. The maximum atomic E-state index is 12.4. The van der Waals surface area contributed by atoms with Crippen molar-refractivity contribution in [2.45, 2.75) is 19.8 Å². The molecule has 110 valence electrons. The summed E-state index contributed by atoms with van der Waals surface area (Å²) in [5.41, 5.74) is 0.758. The maximum Gasteiger partial charge on any atom is 0.304 e. The van der Waals surface area contributed by atoms with Gasteiger partial charge in [0, 0.05) is 32.7 Å². The highest BCUT2D eigenvalue weighted by Crippen LogP contribution is 2.15. The van der Waals surface area contributed by atoms with E-state index < -0.39 is 5.97 Å². The van der Waals surface area contributed by atoms with Gasteiger partial charge in [-0.15, -0.1) is 5.10 Å². The highest BCUT2D eigenvalue weighted by molar-refractivity contribution is 7.08. The third-order valence-corrected chi connectivity index (χ3v) is 4.14. The van der Waals surface area contributed by atoms with E-state index in [1.165, 1.54) is 0 Å². The van der Waals surface area contributed by atoms with Gasteiger partial charge in [0.1, 0.15) is 4.88 Å². The Morgan fingerprint density at radius 2 is 2.00 bits per heavy atom. The topological polar surface area (TPSA) is 86.6 Å². The third kappa shape index (κ3) is 3.51. The number of aromatic nitrogens is 2. The summed E-state index contributed by atoms with van der Waals surface area (Å²) in [7, 11) is 0. The number of aliphatic carboxylic acids is 1. The molecule has 0 spiro atoms. The van der Waals surface area contributed by atoms with Gasteiger partial charge in [-0.05, 0) is 18.0 Å². The van der Waals surface area contributed by atoms with Crippen LogP contribution >= 0.6 is 11.5 Å². The number of amides is 1. The molecule has 1 fully saturated rings. The molecule has 0 aliphatic carbocycles. The minimum absolute atomic E-state index is 0.00488. The molecule has 0 bridgehead atoms. The lowest BCUT2D eigenvalue weighted by molar-refractivity contribution is -0.137. The molecular weight excluding hydrogens is 280 g/mol. The van der Waals surface area contributed by atoms with Gasteiger partial charge in [0.25, 0.3) is 5.91 Å². The van der Waals surface area contributed by atoms with E-state index in [0.29, 0.717) is 44.0 Å². The minimum Gasteiger partial charge on any atom is -0.481 e. The number of carbonyl (C=O) groups is 2. The number of aryl methyl sites for hydroxylation is 1. The predicted molar refractivity (Wildman–Crippen MR) is 73.9 cm³/mol. The molecule has 2 heterocycles. The fourth-order valence-electron chi connectivity index (χ4n) is 2.17. The van der Waals surface area contributed by atoms with Gasteiger partial charge in [-0.1, -0.05) is 11.4 Å². The Hall–Kier alpha value is -1.54. The number of hydrogen-bond donors (Lipinski definition) is 1. The first-order chi connectivity index (χ1) is 9.61. The van der Waals surface area contributed by atoms with Gasteiger partial charge in [0.2, 0.25) is 0 Å². The summed E-state index contributed by atoms with van der Waals surface area (Å²) >= 11 is 1.15. The van der Waals surface area contributed by atoms with Crippen molar-refractivity contribution < 1.29 is 14.7 Å². The van der Waals surface area contributed by atoms with Gasteiger partial charge in [-0.25, -0.2) is 0 Å². The minimum atomic E-state index is -0.785. The van der Waals surface area contributed by atoms with Crippen molar-refractivity contribution in [3.63, 3.8) is 0 Å². The molecule has 7 nitrogen and oxygen atoms in total. The van der Waals surface area contributed by atoms with Crippen LogP contribution in [0.2, 0.25) is 0 Å². The summed E-state index contributed by atoms with van der Waals surface area (Å²) in [6, 6.07) is 0. The van der Waals surface area contributed by atoms with Crippen molar-refractivity contribution in [3.8, 4) is 0 Å². The van der Waals surface area contributed by atoms with Crippen LogP contribution in [-0.4, -0.2) is 69.1 Å². The molecule has 0 radical (unpaired) electrons. The number of hydrogen-bond acceptors (Lipinski definition) is 6. The number of carbonyl (C=O) groups excluding carboxylic acids is 1. The molecule has 1 aliphatic heterocycles. The van der Waals surface area contributed by atoms with Crippen LogP contribution in [0, 0.1) is 0 Å². The number of carboxylic acid groups (broad SMARTS) is 1. The van der Waals surface area contributed by atoms with Crippen LogP contribution in [0.4, 0.5) is 0 Å². The zero-order chi connectivity index (χ0) is 14.5. The maximum absolute atomic E-state index is 12.4. The Bertz CT molecular complexity index is 483. The van der Waals surface area contributed by atoms with Gasteiger partial charge < -0.3 is 10.0 Å². The van der Waals surface area contributed by atoms with Crippen molar-refractivity contribution in [2.24, 2.45) is 0 Å². The summed E-state index contributed by atoms with van der Waals surface area (Å²) in [5.74, 6) is -0.790. The first-order valence-corrected chi connectivity index (χ1v) is 7.43. The molecule has 1 amide bonds. The SMILES string of the molecule is CCc1nnsc1C(=O)N1CCN(CCC(=O)O)CC1. The number of piperazine rings is 1. The number of carboxylic acids is 1. The number of nitrogens with zero attached hydrogens (tertiary/aromatic N) is 4. The second kappa shape index (κ2) is 6.76. The standard InChI is InChI=1S/C12H18N4O3S/c1-2-9-11(20-14-13-9)12(19)16-7-5-15(6-8-16)4-3-10(17)18/h2-8H2,1H3,(H,17,18). The molecule has 8 heteroatoms. The van der Waals surface area contributed by atoms with Crippen LogP contribution in [0.5, 0.6) is 0 Å². The van der Waals surface area contributed by atoms with E-state index in [1.807, 2.05) is 6.92 Å². The molecular formula is C12H18N4O3S. The van der Waals surface area contributed by atoms with E-state index >= 15 is 0 Å². The predicted octanol–water partition coefficient (Wildman–Crippen LogP) is 0.333. The second-order valence-electron chi connectivity index (χ2n) is 4.68. The molecule has 1 aromatic rings.